The second-order valence-corrected chi connectivity index (χ2v) is 5.61. The van der Waals surface area contributed by atoms with Crippen LogP contribution in [-0.2, 0) is 4.74 Å². The van der Waals surface area contributed by atoms with Crippen molar-refractivity contribution in [2.75, 3.05) is 6.61 Å². The van der Waals surface area contributed by atoms with Crippen LogP contribution in [0.2, 0.25) is 0 Å². The molecule has 98 valence electrons. The number of benzene rings is 1. The molecule has 1 atom stereocenters. The molecule has 1 unspecified atom stereocenters. The van der Waals surface area contributed by atoms with Gasteiger partial charge in [-0.3, -0.25) is 4.79 Å². The Hall–Kier alpha value is -0.870. The number of thiocarbonyl (C=S) groups is 1. The van der Waals surface area contributed by atoms with Gasteiger partial charge in [-0.05, 0) is 25.6 Å². The van der Waals surface area contributed by atoms with Gasteiger partial charge in [-0.25, -0.2) is 0 Å². The van der Waals surface area contributed by atoms with E-state index in [9.17, 15) is 4.79 Å². The smallest absolute Gasteiger partial charge is 0.220 e. The van der Waals surface area contributed by atoms with E-state index in [1.54, 1.807) is 0 Å². The molecule has 1 rings (SSSR count). The Labute approximate surface area is 118 Å². The molecule has 0 aliphatic heterocycles. The van der Waals surface area contributed by atoms with Crippen molar-refractivity contribution in [1.82, 2.24) is 0 Å². The molecule has 0 heterocycles. The molecule has 1 aromatic carbocycles. The van der Waals surface area contributed by atoms with Crippen molar-refractivity contribution in [1.29, 1.82) is 0 Å². The van der Waals surface area contributed by atoms with Crippen molar-refractivity contribution in [2.24, 2.45) is 0 Å². The summed E-state index contributed by atoms with van der Waals surface area (Å²) in [6.07, 6.45) is 1.76. The average molecular weight is 282 g/mol. The van der Waals surface area contributed by atoms with E-state index in [2.05, 4.69) is 6.92 Å². The van der Waals surface area contributed by atoms with Crippen LogP contribution in [0.5, 0.6) is 0 Å². The van der Waals surface area contributed by atoms with Crippen LogP contribution in [0.1, 0.15) is 37.0 Å². The zero-order chi connectivity index (χ0) is 13.4. The van der Waals surface area contributed by atoms with Crippen LogP contribution in [0.15, 0.2) is 30.3 Å². The van der Waals surface area contributed by atoms with E-state index in [-0.39, 0.29) is 11.0 Å². The van der Waals surface area contributed by atoms with E-state index >= 15 is 0 Å². The lowest BCUT2D eigenvalue weighted by molar-refractivity contribution is 0.0986. The van der Waals surface area contributed by atoms with Gasteiger partial charge < -0.3 is 4.74 Å². The van der Waals surface area contributed by atoms with Crippen LogP contribution in [0.4, 0.5) is 0 Å². The number of carbonyl (C=O) groups is 1. The van der Waals surface area contributed by atoms with Crippen LogP contribution < -0.4 is 0 Å². The van der Waals surface area contributed by atoms with Crippen LogP contribution in [0, 0.1) is 0 Å². The van der Waals surface area contributed by atoms with Crippen molar-refractivity contribution >= 4 is 34.1 Å². The molecule has 0 aliphatic carbocycles. The number of ether oxygens (including phenoxy) is 1. The second-order valence-electron chi connectivity index (χ2n) is 3.81. The summed E-state index contributed by atoms with van der Waals surface area (Å²) in [5, 5.41) is -0.142. The molecule has 1 aromatic rings. The van der Waals surface area contributed by atoms with Crippen molar-refractivity contribution in [3.8, 4) is 0 Å². The van der Waals surface area contributed by atoms with E-state index < -0.39 is 0 Å². The summed E-state index contributed by atoms with van der Waals surface area (Å²) in [5.41, 5.74) is 0.739. The molecule has 0 saturated heterocycles. The predicted octanol–water partition coefficient (Wildman–Crippen LogP) is 4.09. The SMILES string of the molecule is CCCC(SC(=S)OCC)C(=O)c1ccccc1. The Kier molecular flexibility index (Phi) is 6.98. The first-order valence-corrected chi connectivity index (χ1v) is 7.40. The van der Waals surface area contributed by atoms with Gasteiger partial charge in [-0.15, -0.1) is 0 Å². The first kappa shape index (κ1) is 15.2. The molecule has 0 fully saturated rings. The van der Waals surface area contributed by atoms with Gasteiger partial charge in [0.05, 0.1) is 11.9 Å². The van der Waals surface area contributed by atoms with Crippen molar-refractivity contribution in [3.05, 3.63) is 35.9 Å². The third kappa shape index (κ3) is 4.78. The summed E-state index contributed by atoms with van der Waals surface area (Å²) in [5.74, 6) is 0.129. The number of thioether (sulfide) groups is 1. The average Bonchev–Trinajstić information content (AvgIpc) is 2.39. The minimum Gasteiger partial charge on any atom is -0.479 e. The summed E-state index contributed by atoms with van der Waals surface area (Å²) in [6, 6.07) is 9.34. The maximum Gasteiger partial charge on any atom is 0.220 e. The number of Topliss-reactive ketones (excluding diaryl/α,β-unsaturated/α-hetero) is 1. The monoisotopic (exact) mass is 282 g/mol. The highest BCUT2D eigenvalue weighted by molar-refractivity contribution is 8.23. The molecular formula is C14H18O2S2. The predicted molar refractivity (Wildman–Crippen MR) is 81.3 cm³/mol. The maximum absolute atomic E-state index is 12.3. The molecule has 4 heteroatoms. The number of rotatable bonds is 6. The van der Waals surface area contributed by atoms with Crippen molar-refractivity contribution in [3.63, 3.8) is 0 Å². The van der Waals surface area contributed by atoms with Gasteiger partial charge in [0.2, 0.25) is 4.38 Å². The van der Waals surface area contributed by atoms with Crippen LogP contribution in [-0.4, -0.2) is 22.0 Å². The summed E-state index contributed by atoms with van der Waals surface area (Å²) in [4.78, 5) is 12.3. The Balaban J connectivity index is 2.72. The maximum atomic E-state index is 12.3. The minimum atomic E-state index is -0.142. The summed E-state index contributed by atoms with van der Waals surface area (Å²) in [6.45, 7) is 4.50. The quantitative estimate of drug-likeness (QED) is 0.580. The standard InChI is InChI=1S/C14H18O2S2/c1-3-8-12(18-14(17)16-4-2)13(15)11-9-6-5-7-10-11/h5-7,9-10,12H,3-4,8H2,1-2H3. The zero-order valence-corrected chi connectivity index (χ0v) is 12.4. The van der Waals surface area contributed by atoms with Gasteiger partial charge >= 0.3 is 0 Å². The molecule has 0 aliphatic rings. The molecule has 18 heavy (non-hydrogen) atoms. The van der Waals surface area contributed by atoms with Gasteiger partial charge in [0.1, 0.15) is 0 Å². The van der Waals surface area contributed by atoms with E-state index in [1.165, 1.54) is 11.8 Å². The van der Waals surface area contributed by atoms with Crippen LogP contribution >= 0.6 is 24.0 Å². The van der Waals surface area contributed by atoms with Crippen LogP contribution in [0.25, 0.3) is 0 Å². The highest BCUT2D eigenvalue weighted by Crippen LogP contribution is 2.23. The summed E-state index contributed by atoms with van der Waals surface area (Å²) < 4.78 is 5.71. The Morgan fingerprint density at radius 3 is 2.56 bits per heavy atom. The number of ketones is 1. The summed E-state index contributed by atoms with van der Waals surface area (Å²) >= 11 is 6.46. The number of carbonyl (C=O) groups excluding carboxylic acids is 1. The molecular weight excluding hydrogens is 264 g/mol. The lowest BCUT2D eigenvalue weighted by atomic mass is 10.1. The molecule has 0 saturated carbocycles. The lowest BCUT2D eigenvalue weighted by Gasteiger charge is -2.15. The van der Waals surface area contributed by atoms with Crippen molar-refractivity contribution < 1.29 is 9.53 Å². The second kappa shape index (κ2) is 8.27. The highest BCUT2D eigenvalue weighted by Gasteiger charge is 2.21. The zero-order valence-electron chi connectivity index (χ0n) is 10.7. The van der Waals surface area contributed by atoms with Gasteiger partial charge in [-0.1, -0.05) is 55.4 Å². The lowest BCUT2D eigenvalue weighted by Crippen LogP contribution is -2.19. The Morgan fingerprint density at radius 1 is 1.33 bits per heavy atom. The fourth-order valence-corrected chi connectivity index (χ4v) is 3.04. The molecule has 0 radical (unpaired) electrons. The first-order valence-electron chi connectivity index (χ1n) is 6.11. The largest absolute Gasteiger partial charge is 0.479 e. The molecule has 0 bridgehead atoms. The topological polar surface area (TPSA) is 26.3 Å². The Bertz CT molecular complexity index is 390. The van der Waals surface area contributed by atoms with Crippen LogP contribution in [0.3, 0.4) is 0 Å². The molecule has 0 spiro atoms. The van der Waals surface area contributed by atoms with E-state index in [1.807, 2.05) is 37.3 Å². The third-order valence-corrected chi connectivity index (χ3v) is 3.85. The van der Waals surface area contributed by atoms with E-state index in [4.69, 9.17) is 17.0 Å². The van der Waals surface area contributed by atoms with Gasteiger partial charge in [0, 0.05) is 5.56 Å². The Morgan fingerprint density at radius 2 is 2.00 bits per heavy atom. The van der Waals surface area contributed by atoms with Gasteiger partial charge in [0.25, 0.3) is 0 Å². The molecule has 0 amide bonds. The number of hydrogen-bond donors (Lipinski definition) is 0. The first-order chi connectivity index (χ1) is 8.69. The fraction of sp³-hybridized carbons (Fsp3) is 0.429. The van der Waals surface area contributed by atoms with E-state index in [0.29, 0.717) is 11.0 Å². The van der Waals surface area contributed by atoms with Gasteiger partial charge in [-0.2, -0.15) is 0 Å². The fourth-order valence-electron chi connectivity index (χ4n) is 1.56. The molecule has 0 aromatic heterocycles. The van der Waals surface area contributed by atoms with Crippen molar-refractivity contribution in [2.45, 2.75) is 31.9 Å². The minimum absolute atomic E-state index is 0.129. The molecule has 2 nitrogen and oxygen atoms in total. The van der Waals surface area contributed by atoms with Gasteiger partial charge in [0.15, 0.2) is 5.78 Å². The third-order valence-electron chi connectivity index (χ3n) is 2.40. The summed E-state index contributed by atoms with van der Waals surface area (Å²) in [7, 11) is 0. The highest BCUT2D eigenvalue weighted by atomic mass is 32.2. The number of hydrogen-bond acceptors (Lipinski definition) is 4. The normalized spacial score (nSPS) is 11.9. The van der Waals surface area contributed by atoms with E-state index in [0.717, 1.165) is 18.4 Å². The molecule has 0 N–H and O–H groups in total.